The normalized spacial score (nSPS) is 14.5. The van der Waals surface area contributed by atoms with E-state index in [1.807, 2.05) is 36.5 Å². The number of nitrogens with one attached hydrogen (secondary N) is 2. The molecule has 0 bridgehead atoms. The van der Waals surface area contributed by atoms with Crippen LogP contribution in [0.3, 0.4) is 0 Å². The fourth-order valence-corrected chi connectivity index (χ4v) is 3.24. The summed E-state index contributed by atoms with van der Waals surface area (Å²) in [5.74, 6) is 1.87. The lowest BCUT2D eigenvalue weighted by atomic mass is 10.2. The van der Waals surface area contributed by atoms with Gasteiger partial charge in [0.25, 0.3) is 0 Å². The van der Waals surface area contributed by atoms with Crippen LogP contribution in [0, 0.1) is 0 Å². The number of rotatable bonds is 6. The summed E-state index contributed by atoms with van der Waals surface area (Å²) < 4.78 is 0. The topological polar surface area (TPSA) is 52.6 Å². The molecular weight excluding hydrogens is 346 g/mol. The first-order valence-electron chi connectivity index (χ1n) is 9.21. The Morgan fingerprint density at radius 3 is 2.77 bits per heavy atom. The van der Waals surface area contributed by atoms with Crippen molar-refractivity contribution >= 4 is 23.4 Å². The summed E-state index contributed by atoms with van der Waals surface area (Å²) in [7, 11) is 0. The second kappa shape index (κ2) is 9.43. The fraction of sp³-hybridized carbons (Fsp3) is 0.400. The van der Waals surface area contributed by atoms with Crippen LogP contribution >= 0.6 is 11.6 Å². The van der Waals surface area contributed by atoms with Crippen molar-refractivity contribution in [2.75, 3.05) is 24.5 Å². The first-order chi connectivity index (χ1) is 12.7. The molecule has 2 N–H and O–H groups in total. The number of nitrogens with zero attached hydrogens (tertiary/aromatic N) is 3. The molecule has 2 heterocycles. The molecule has 1 fully saturated rings. The molecule has 0 unspecified atom stereocenters. The third-order valence-electron chi connectivity index (χ3n) is 4.35. The predicted octanol–water partition coefficient (Wildman–Crippen LogP) is 3.59. The van der Waals surface area contributed by atoms with E-state index < -0.39 is 0 Å². The zero-order valence-electron chi connectivity index (χ0n) is 15.2. The summed E-state index contributed by atoms with van der Waals surface area (Å²) in [6.07, 6.45) is 4.40. The lowest BCUT2D eigenvalue weighted by molar-refractivity contribution is 0.813. The van der Waals surface area contributed by atoms with Crippen LogP contribution in [0.4, 0.5) is 5.82 Å². The molecule has 1 aliphatic heterocycles. The maximum atomic E-state index is 6.04. The number of hydrogen-bond acceptors (Lipinski definition) is 3. The first kappa shape index (κ1) is 18.5. The van der Waals surface area contributed by atoms with Gasteiger partial charge in [0.2, 0.25) is 0 Å². The van der Waals surface area contributed by atoms with Crippen LogP contribution in [0.2, 0.25) is 5.02 Å². The van der Waals surface area contributed by atoms with Crippen LogP contribution < -0.4 is 15.5 Å². The molecule has 0 radical (unpaired) electrons. The quantitative estimate of drug-likeness (QED) is 0.602. The van der Waals surface area contributed by atoms with Crippen molar-refractivity contribution in [3.05, 3.63) is 58.7 Å². The minimum absolute atomic E-state index is 0.589. The number of halogens is 1. The number of anilines is 1. The van der Waals surface area contributed by atoms with Crippen LogP contribution in [0.15, 0.2) is 47.6 Å². The van der Waals surface area contributed by atoms with Gasteiger partial charge < -0.3 is 15.5 Å². The van der Waals surface area contributed by atoms with Crippen molar-refractivity contribution in [3.63, 3.8) is 0 Å². The number of guanidine groups is 1. The lowest BCUT2D eigenvalue weighted by Gasteiger charge is -2.17. The Bertz CT molecular complexity index is 740. The minimum atomic E-state index is 0.589. The summed E-state index contributed by atoms with van der Waals surface area (Å²) in [4.78, 5) is 11.5. The Kier molecular flexibility index (Phi) is 6.72. The Morgan fingerprint density at radius 1 is 1.15 bits per heavy atom. The van der Waals surface area contributed by atoms with Gasteiger partial charge in [-0.1, -0.05) is 23.7 Å². The maximum absolute atomic E-state index is 6.04. The smallest absolute Gasteiger partial charge is 0.191 e. The molecule has 1 aliphatic rings. The van der Waals surface area contributed by atoms with Crippen LogP contribution in [0.1, 0.15) is 30.9 Å². The minimum Gasteiger partial charge on any atom is -0.357 e. The molecule has 5 nitrogen and oxygen atoms in total. The number of hydrogen-bond donors (Lipinski definition) is 2. The van der Waals surface area contributed by atoms with Gasteiger partial charge in [0, 0.05) is 37.4 Å². The highest BCUT2D eigenvalue weighted by Gasteiger charge is 2.13. The summed E-state index contributed by atoms with van der Waals surface area (Å²) in [6.45, 7) is 6.39. The van der Waals surface area contributed by atoms with Gasteiger partial charge in [-0.15, -0.1) is 0 Å². The molecule has 1 saturated heterocycles. The standard InChI is InChI=1S/C20H26ClN5/c1-2-22-20(24-14-16-6-5-7-18(21)12-16)25-15-17-8-9-23-19(13-17)26-10-3-4-11-26/h5-9,12-13H,2-4,10-11,14-15H2,1H3,(H2,22,24,25). The van der Waals surface area contributed by atoms with E-state index in [1.54, 1.807) is 0 Å². The maximum Gasteiger partial charge on any atom is 0.191 e. The highest BCUT2D eigenvalue weighted by Crippen LogP contribution is 2.18. The molecule has 2 aromatic rings. The van der Waals surface area contributed by atoms with Gasteiger partial charge >= 0.3 is 0 Å². The van der Waals surface area contributed by atoms with Gasteiger partial charge in [0.15, 0.2) is 5.96 Å². The molecular formula is C20H26ClN5. The molecule has 1 aromatic carbocycles. The van der Waals surface area contributed by atoms with Crippen LogP contribution in [-0.4, -0.2) is 30.6 Å². The molecule has 6 heteroatoms. The van der Waals surface area contributed by atoms with Crippen molar-refractivity contribution in [1.29, 1.82) is 0 Å². The Hall–Kier alpha value is -2.27. The molecule has 0 amide bonds. The third kappa shape index (κ3) is 5.36. The van der Waals surface area contributed by atoms with Crippen molar-refractivity contribution in [2.45, 2.75) is 32.9 Å². The van der Waals surface area contributed by atoms with Gasteiger partial charge in [-0.2, -0.15) is 0 Å². The van der Waals surface area contributed by atoms with Crippen LogP contribution in [0.25, 0.3) is 0 Å². The zero-order chi connectivity index (χ0) is 18.2. The average Bonchev–Trinajstić information content (AvgIpc) is 3.19. The van der Waals surface area contributed by atoms with Crippen molar-refractivity contribution < 1.29 is 0 Å². The van der Waals surface area contributed by atoms with E-state index >= 15 is 0 Å². The lowest BCUT2D eigenvalue weighted by Crippen LogP contribution is -2.36. The molecule has 0 aliphatic carbocycles. The van der Waals surface area contributed by atoms with Gasteiger partial charge in [0.05, 0.1) is 6.54 Å². The molecule has 0 saturated carbocycles. The monoisotopic (exact) mass is 371 g/mol. The average molecular weight is 372 g/mol. The Morgan fingerprint density at radius 2 is 2.00 bits per heavy atom. The summed E-state index contributed by atoms with van der Waals surface area (Å²) >= 11 is 6.04. The van der Waals surface area contributed by atoms with E-state index in [0.29, 0.717) is 13.1 Å². The molecule has 26 heavy (non-hydrogen) atoms. The van der Waals surface area contributed by atoms with Gasteiger partial charge in [0.1, 0.15) is 5.82 Å². The van der Waals surface area contributed by atoms with E-state index in [-0.39, 0.29) is 0 Å². The molecule has 0 atom stereocenters. The SMILES string of the molecule is CCNC(=NCc1cccc(Cl)c1)NCc1ccnc(N2CCCC2)c1. The van der Waals surface area contributed by atoms with Gasteiger partial charge in [-0.3, -0.25) is 0 Å². The predicted molar refractivity (Wildman–Crippen MR) is 109 cm³/mol. The van der Waals surface area contributed by atoms with Gasteiger partial charge in [-0.05, 0) is 55.2 Å². The van der Waals surface area contributed by atoms with Crippen molar-refractivity contribution in [3.8, 4) is 0 Å². The Balaban J connectivity index is 1.61. The second-order valence-electron chi connectivity index (χ2n) is 6.40. The van der Waals surface area contributed by atoms with Gasteiger partial charge in [-0.25, -0.2) is 9.98 Å². The largest absolute Gasteiger partial charge is 0.357 e. The van der Waals surface area contributed by atoms with Crippen molar-refractivity contribution in [1.82, 2.24) is 15.6 Å². The number of aliphatic imine (C=N–C) groups is 1. The number of aromatic nitrogens is 1. The zero-order valence-corrected chi connectivity index (χ0v) is 16.0. The number of pyridine rings is 1. The number of benzene rings is 1. The van der Waals surface area contributed by atoms with Crippen molar-refractivity contribution in [2.24, 2.45) is 4.99 Å². The molecule has 0 spiro atoms. The van der Waals surface area contributed by atoms with Crippen LogP contribution in [0.5, 0.6) is 0 Å². The van der Waals surface area contributed by atoms with E-state index in [1.165, 1.54) is 18.4 Å². The summed E-state index contributed by atoms with van der Waals surface area (Å²) in [5.41, 5.74) is 2.30. The third-order valence-corrected chi connectivity index (χ3v) is 4.59. The molecule has 1 aromatic heterocycles. The summed E-state index contributed by atoms with van der Waals surface area (Å²) in [6, 6.07) is 12.0. The van der Waals surface area contributed by atoms with E-state index in [4.69, 9.17) is 11.6 Å². The Labute approximate surface area is 160 Å². The van der Waals surface area contributed by atoms with E-state index in [9.17, 15) is 0 Å². The molecule has 138 valence electrons. The van der Waals surface area contributed by atoms with Crippen LogP contribution in [-0.2, 0) is 13.1 Å². The van der Waals surface area contributed by atoms with E-state index in [0.717, 1.165) is 42.0 Å². The highest BCUT2D eigenvalue weighted by molar-refractivity contribution is 6.30. The fourth-order valence-electron chi connectivity index (χ4n) is 3.02. The molecule has 3 rings (SSSR count). The summed E-state index contributed by atoms with van der Waals surface area (Å²) in [5, 5.41) is 7.42. The van der Waals surface area contributed by atoms with E-state index in [2.05, 4.69) is 38.5 Å². The highest BCUT2D eigenvalue weighted by atomic mass is 35.5. The second-order valence-corrected chi connectivity index (χ2v) is 6.83. The first-order valence-corrected chi connectivity index (χ1v) is 9.59.